The fourth-order valence-electron chi connectivity index (χ4n) is 5.52. The van der Waals surface area contributed by atoms with Crippen LogP contribution in [0.4, 0.5) is 5.69 Å². The molecule has 0 unspecified atom stereocenters. The van der Waals surface area contributed by atoms with Gasteiger partial charge in [0.1, 0.15) is 5.75 Å². The Hall–Kier alpha value is -3.87. The molecule has 0 bridgehead atoms. The minimum atomic E-state index is -2.19. The summed E-state index contributed by atoms with van der Waals surface area (Å²) in [4.78, 5) is 8.37. The molecule has 0 radical (unpaired) electrons. The number of anilines is 1. The first-order valence-electron chi connectivity index (χ1n) is 15.2. The molecule has 0 amide bonds. The summed E-state index contributed by atoms with van der Waals surface area (Å²) in [6, 6.07) is 25.2. The molecule has 3 aromatic heterocycles. The average Bonchev–Trinajstić information content (AvgIpc) is 3.64. The zero-order valence-corrected chi connectivity index (χ0v) is 25.4. The third kappa shape index (κ3) is 4.46. The van der Waals surface area contributed by atoms with Crippen molar-refractivity contribution in [1.82, 2.24) is 9.88 Å². The molecule has 3 aromatic carbocycles. The second-order valence-electron chi connectivity index (χ2n) is 11.7. The summed E-state index contributed by atoms with van der Waals surface area (Å²) >= 11 is 3.44. The van der Waals surface area contributed by atoms with Gasteiger partial charge in [0.05, 0.1) is 12.4 Å². The summed E-state index contributed by atoms with van der Waals surface area (Å²) in [5.41, 5.74) is 5.92. The van der Waals surface area contributed by atoms with Crippen molar-refractivity contribution >= 4 is 58.6 Å². The molecule has 1 aliphatic rings. The average molecular weight is 579 g/mol. The Balaban J connectivity index is 1.32. The lowest BCUT2D eigenvalue weighted by molar-refractivity contribution is 0.459. The van der Waals surface area contributed by atoms with E-state index < -0.39 is 6.98 Å². The van der Waals surface area contributed by atoms with Gasteiger partial charge in [0, 0.05) is 82.3 Å². The van der Waals surface area contributed by atoms with Gasteiger partial charge in [-0.3, -0.25) is 4.98 Å². The number of fused-ring (bicyclic) bond motifs is 4. The molecule has 0 fully saturated rings. The molecule has 0 N–H and O–H groups in total. The lowest BCUT2D eigenvalue weighted by Crippen LogP contribution is -2.24. The number of ether oxygens (including phenoxy) is 1. The molecule has 41 heavy (non-hydrogen) atoms. The van der Waals surface area contributed by atoms with E-state index in [9.17, 15) is 0 Å². The standard InChI is InChI=1S/C35H33N3OS2/c1-21-22(2)38(20-37(21)6)24-10-9-11-25(17-24)39-32-19-28-31(40-32)18-27-26-12-7-8-13-30(26)41-34(27)33(28)29-16-23(14-15-36-29)35(3,4)5/h7-19H,20H2,1-6H3/i6D3. The first-order chi connectivity index (χ1) is 20.9. The Labute approximate surface area is 253 Å². The Morgan fingerprint density at radius 1 is 0.854 bits per heavy atom. The van der Waals surface area contributed by atoms with Gasteiger partial charge in [-0.2, -0.15) is 0 Å². The van der Waals surface area contributed by atoms with Gasteiger partial charge >= 0.3 is 0 Å². The molecule has 0 atom stereocenters. The Morgan fingerprint density at radius 3 is 2.51 bits per heavy atom. The number of hydrogen-bond donors (Lipinski definition) is 0. The van der Waals surface area contributed by atoms with E-state index >= 15 is 0 Å². The van der Waals surface area contributed by atoms with E-state index in [4.69, 9.17) is 13.8 Å². The number of rotatable bonds is 4. The molecular formula is C35H33N3OS2. The van der Waals surface area contributed by atoms with Gasteiger partial charge in [0.25, 0.3) is 0 Å². The second kappa shape index (κ2) is 9.61. The second-order valence-corrected chi connectivity index (χ2v) is 13.7. The number of benzene rings is 3. The highest BCUT2D eigenvalue weighted by Crippen LogP contribution is 2.48. The van der Waals surface area contributed by atoms with Gasteiger partial charge < -0.3 is 14.5 Å². The Kier molecular flexibility index (Phi) is 5.34. The molecule has 4 heterocycles. The highest BCUT2D eigenvalue weighted by Gasteiger charge is 2.23. The Morgan fingerprint density at radius 2 is 1.71 bits per heavy atom. The fourth-order valence-corrected chi connectivity index (χ4v) is 7.75. The summed E-state index contributed by atoms with van der Waals surface area (Å²) in [5.74, 6) is 0.702. The first kappa shape index (κ1) is 22.8. The third-order valence-corrected chi connectivity index (χ3v) is 10.2. The predicted octanol–water partition coefficient (Wildman–Crippen LogP) is 10.4. The van der Waals surface area contributed by atoms with Crippen molar-refractivity contribution in [2.45, 2.75) is 40.0 Å². The van der Waals surface area contributed by atoms with Gasteiger partial charge in [-0.05, 0) is 61.2 Å². The molecule has 6 heteroatoms. The monoisotopic (exact) mass is 578 g/mol. The molecular weight excluding hydrogens is 543 g/mol. The van der Waals surface area contributed by atoms with Crippen LogP contribution in [0.15, 0.2) is 90.4 Å². The normalized spacial score (nSPS) is 15.7. The zero-order chi connectivity index (χ0) is 31.0. The molecule has 4 nitrogen and oxygen atoms in total. The van der Waals surface area contributed by atoms with E-state index in [-0.39, 0.29) is 12.1 Å². The van der Waals surface area contributed by atoms with E-state index in [1.807, 2.05) is 60.5 Å². The van der Waals surface area contributed by atoms with E-state index in [0.717, 1.165) is 43.5 Å². The van der Waals surface area contributed by atoms with Crippen LogP contribution in [-0.4, -0.2) is 23.5 Å². The quantitative estimate of drug-likeness (QED) is 0.208. The molecule has 206 valence electrons. The summed E-state index contributed by atoms with van der Waals surface area (Å²) in [7, 11) is 0. The molecule has 1 aliphatic heterocycles. The molecule has 6 aromatic rings. The summed E-state index contributed by atoms with van der Waals surface area (Å²) < 4.78 is 33.9. The van der Waals surface area contributed by atoms with Crippen molar-refractivity contribution in [2.24, 2.45) is 0 Å². The SMILES string of the molecule is [2H]C([2H])([2H])N1CN(c2cccc(Oc3cc4c(-c5cc(C(C)(C)C)ccn5)c5sc6ccccc6c5cc4s3)c2)C(C)=C1C. The summed E-state index contributed by atoms with van der Waals surface area (Å²) in [6.07, 6.45) is 1.92. The Bertz CT molecular complexity index is 2100. The van der Waals surface area contributed by atoms with Crippen LogP contribution in [0.25, 0.3) is 41.5 Å². The maximum absolute atomic E-state index is 7.92. The highest BCUT2D eigenvalue weighted by atomic mass is 32.1. The number of pyridine rings is 1. The third-order valence-electron chi connectivity index (χ3n) is 7.99. The summed E-state index contributed by atoms with van der Waals surface area (Å²) in [6.45, 7) is 8.59. The molecule has 7 rings (SSSR count). The smallest absolute Gasteiger partial charge is 0.182 e. The number of thiophene rings is 2. The predicted molar refractivity (Wildman–Crippen MR) is 177 cm³/mol. The van der Waals surface area contributed by atoms with Crippen molar-refractivity contribution < 1.29 is 8.85 Å². The van der Waals surface area contributed by atoms with Crippen molar-refractivity contribution in [1.29, 1.82) is 0 Å². The molecule has 0 saturated carbocycles. The van der Waals surface area contributed by atoms with Crippen LogP contribution in [0.3, 0.4) is 0 Å². The van der Waals surface area contributed by atoms with Crippen LogP contribution in [0.2, 0.25) is 0 Å². The van der Waals surface area contributed by atoms with Gasteiger partial charge in [0.15, 0.2) is 5.06 Å². The maximum Gasteiger partial charge on any atom is 0.182 e. The zero-order valence-electron chi connectivity index (χ0n) is 26.8. The van der Waals surface area contributed by atoms with E-state index in [1.165, 1.54) is 30.6 Å². The van der Waals surface area contributed by atoms with Gasteiger partial charge in [-0.15, -0.1) is 11.3 Å². The van der Waals surface area contributed by atoms with Crippen molar-refractivity contribution in [3.63, 3.8) is 0 Å². The number of nitrogens with zero attached hydrogens (tertiary/aromatic N) is 3. The van der Waals surface area contributed by atoms with Crippen LogP contribution in [0.1, 0.15) is 44.3 Å². The topological polar surface area (TPSA) is 28.6 Å². The van der Waals surface area contributed by atoms with Gasteiger partial charge in [-0.25, -0.2) is 0 Å². The lowest BCUT2D eigenvalue weighted by Gasteiger charge is -2.21. The largest absolute Gasteiger partial charge is 0.447 e. The van der Waals surface area contributed by atoms with Crippen molar-refractivity contribution in [2.75, 3.05) is 18.5 Å². The van der Waals surface area contributed by atoms with Crippen molar-refractivity contribution in [3.05, 3.63) is 96.0 Å². The van der Waals surface area contributed by atoms with Crippen LogP contribution in [0, 0.1) is 0 Å². The molecule has 0 saturated heterocycles. The fraction of sp³-hybridized carbons (Fsp3) is 0.229. The highest BCUT2D eigenvalue weighted by molar-refractivity contribution is 7.27. The van der Waals surface area contributed by atoms with Crippen LogP contribution < -0.4 is 9.64 Å². The maximum atomic E-state index is 7.92. The molecule has 0 spiro atoms. The van der Waals surface area contributed by atoms with E-state index in [1.54, 1.807) is 11.3 Å². The number of hydrogen-bond acceptors (Lipinski definition) is 6. The van der Waals surface area contributed by atoms with Crippen LogP contribution in [-0.2, 0) is 5.41 Å². The van der Waals surface area contributed by atoms with Crippen LogP contribution >= 0.6 is 22.7 Å². The van der Waals surface area contributed by atoms with E-state index in [2.05, 4.69) is 69.3 Å². The first-order valence-corrected chi connectivity index (χ1v) is 15.4. The minimum Gasteiger partial charge on any atom is -0.447 e. The lowest BCUT2D eigenvalue weighted by atomic mass is 9.86. The van der Waals surface area contributed by atoms with Crippen LogP contribution in [0.5, 0.6) is 10.8 Å². The van der Waals surface area contributed by atoms with Gasteiger partial charge in [-0.1, -0.05) is 56.4 Å². The summed E-state index contributed by atoms with van der Waals surface area (Å²) in [5, 5.41) is 4.40. The number of allylic oxidation sites excluding steroid dienone is 2. The van der Waals surface area contributed by atoms with E-state index in [0.29, 0.717) is 5.75 Å². The van der Waals surface area contributed by atoms with Gasteiger partial charge in [0.2, 0.25) is 0 Å². The molecule has 0 aliphatic carbocycles. The minimum absolute atomic E-state index is 0.000739. The van der Waals surface area contributed by atoms with Crippen molar-refractivity contribution in [3.8, 4) is 22.1 Å². The number of aromatic nitrogens is 1.